The van der Waals surface area contributed by atoms with Crippen molar-refractivity contribution in [1.82, 2.24) is 0 Å². The Kier molecular flexibility index (Phi) is 4.96. The van der Waals surface area contributed by atoms with Gasteiger partial charge in [-0.1, -0.05) is 18.7 Å². The van der Waals surface area contributed by atoms with E-state index >= 15 is 0 Å². The maximum absolute atomic E-state index is 12.0. The summed E-state index contributed by atoms with van der Waals surface area (Å²) >= 11 is 0.400. The van der Waals surface area contributed by atoms with Gasteiger partial charge < -0.3 is 5.11 Å². The highest BCUT2D eigenvalue weighted by Gasteiger charge is 2.45. The summed E-state index contributed by atoms with van der Waals surface area (Å²) in [5.41, 5.74) is 0. The minimum absolute atomic E-state index is 0.0921. The summed E-state index contributed by atoms with van der Waals surface area (Å²) in [6.45, 7) is 1.50. The van der Waals surface area contributed by atoms with Crippen molar-refractivity contribution in [2.45, 2.75) is 19.5 Å². The molecule has 0 aliphatic rings. The maximum atomic E-state index is 12.0. The summed E-state index contributed by atoms with van der Waals surface area (Å²) < 4.78 is 36.1. The molecule has 0 aromatic carbocycles. The Balaban J connectivity index is 4.26. The predicted molar refractivity (Wildman–Crippen MR) is 44.9 cm³/mol. The molecule has 0 aromatic rings. The Labute approximate surface area is 82.7 Å². The third-order valence-electron chi connectivity index (χ3n) is 1.39. The SMILES string of the molecule is CCC(=O)SCC(C(=O)O)C(F)(F)F. The first kappa shape index (κ1) is 13.3. The first-order valence-electron chi connectivity index (χ1n) is 3.74. The highest BCUT2D eigenvalue weighted by Crippen LogP contribution is 2.29. The van der Waals surface area contributed by atoms with Crippen LogP contribution in [-0.4, -0.2) is 28.1 Å². The minimum Gasteiger partial charge on any atom is -0.481 e. The predicted octanol–water partition coefficient (Wildman–Crippen LogP) is 1.92. The Morgan fingerprint density at radius 3 is 2.21 bits per heavy atom. The monoisotopic (exact) mass is 230 g/mol. The molecule has 82 valence electrons. The van der Waals surface area contributed by atoms with E-state index in [1.807, 2.05) is 0 Å². The fourth-order valence-electron chi connectivity index (χ4n) is 0.584. The zero-order chi connectivity index (χ0) is 11.4. The third kappa shape index (κ3) is 4.50. The average Bonchev–Trinajstić information content (AvgIpc) is 2.01. The van der Waals surface area contributed by atoms with Gasteiger partial charge in [-0.3, -0.25) is 9.59 Å². The summed E-state index contributed by atoms with van der Waals surface area (Å²) in [6.07, 6.45) is -4.71. The standard InChI is InChI=1S/C7H9F3O3S/c1-2-5(11)14-3-4(6(12)13)7(8,9)10/h4H,2-3H2,1H3,(H,12,13). The number of carbonyl (C=O) groups is 2. The topological polar surface area (TPSA) is 54.4 Å². The Morgan fingerprint density at radius 2 is 1.93 bits per heavy atom. The second-order valence-corrected chi connectivity index (χ2v) is 3.55. The van der Waals surface area contributed by atoms with Gasteiger partial charge in [-0.2, -0.15) is 13.2 Å². The van der Waals surface area contributed by atoms with E-state index in [2.05, 4.69) is 0 Å². The first-order chi connectivity index (χ1) is 6.29. The molecule has 14 heavy (non-hydrogen) atoms. The molecule has 0 aliphatic heterocycles. The molecule has 0 aromatic heterocycles. The second-order valence-electron chi connectivity index (χ2n) is 2.47. The average molecular weight is 230 g/mol. The summed E-state index contributed by atoms with van der Waals surface area (Å²) in [5.74, 6) is -5.18. The molecule has 0 radical (unpaired) electrons. The molecule has 0 fully saturated rings. The van der Waals surface area contributed by atoms with Gasteiger partial charge in [0.15, 0.2) is 11.0 Å². The van der Waals surface area contributed by atoms with Crippen molar-refractivity contribution in [3.05, 3.63) is 0 Å². The van der Waals surface area contributed by atoms with Crippen LogP contribution in [0.2, 0.25) is 0 Å². The molecular formula is C7H9F3O3S. The maximum Gasteiger partial charge on any atom is 0.403 e. The summed E-state index contributed by atoms with van der Waals surface area (Å²) in [4.78, 5) is 20.9. The minimum atomic E-state index is -4.80. The first-order valence-corrected chi connectivity index (χ1v) is 4.72. The molecular weight excluding hydrogens is 221 g/mol. The Bertz CT molecular complexity index is 227. The molecule has 1 atom stereocenters. The van der Waals surface area contributed by atoms with E-state index in [0.717, 1.165) is 0 Å². The number of carboxylic acids is 1. The highest BCUT2D eigenvalue weighted by atomic mass is 32.2. The van der Waals surface area contributed by atoms with Crippen LogP contribution < -0.4 is 0 Å². The number of carbonyl (C=O) groups excluding carboxylic acids is 1. The zero-order valence-electron chi connectivity index (χ0n) is 7.30. The van der Waals surface area contributed by atoms with E-state index in [1.54, 1.807) is 0 Å². The van der Waals surface area contributed by atoms with Gasteiger partial charge in [0.25, 0.3) is 0 Å². The van der Waals surface area contributed by atoms with Gasteiger partial charge in [-0.15, -0.1) is 0 Å². The van der Waals surface area contributed by atoms with E-state index in [4.69, 9.17) is 5.11 Å². The van der Waals surface area contributed by atoms with Gasteiger partial charge in [0, 0.05) is 12.2 Å². The number of hydrogen-bond acceptors (Lipinski definition) is 3. The summed E-state index contributed by atoms with van der Waals surface area (Å²) in [7, 11) is 0. The second kappa shape index (κ2) is 5.23. The fraction of sp³-hybridized carbons (Fsp3) is 0.714. The van der Waals surface area contributed by atoms with Gasteiger partial charge in [0.1, 0.15) is 0 Å². The molecule has 0 amide bonds. The molecule has 1 unspecified atom stereocenters. The van der Waals surface area contributed by atoms with Crippen LogP contribution in [0.3, 0.4) is 0 Å². The number of thioether (sulfide) groups is 1. The lowest BCUT2D eigenvalue weighted by atomic mass is 10.2. The Morgan fingerprint density at radius 1 is 1.43 bits per heavy atom. The highest BCUT2D eigenvalue weighted by molar-refractivity contribution is 8.13. The van der Waals surface area contributed by atoms with Gasteiger partial charge in [0.05, 0.1) is 0 Å². The van der Waals surface area contributed by atoms with Crippen LogP contribution in [0.4, 0.5) is 13.2 Å². The van der Waals surface area contributed by atoms with E-state index in [-0.39, 0.29) is 6.42 Å². The number of rotatable bonds is 4. The van der Waals surface area contributed by atoms with Crippen molar-refractivity contribution in [1.29, 1.82) is 0 Å². The number of carboxylic acid groups (broad SMARTS) is 1. The number of hydrogen-bond donors (Lipinski definition) is 1. The molecule has 0 saturated carbocycles. The smallest absolute Gasteiger partial charge is 0.403 e. The molecule has 0 rings (SSSR count). The van der Waals surface area contributed by atoms with Gasteiger partial charge in [-0.05, 0) is 0 Å². The summed E-state index contributed by atoms with van der Waals surface area (Å²) in [5, 5.41) is 7.81. The van der Waals surface area contributed by atoms with Crippen LogP contribution in [0.5, 0.6) is 0 Å². The van der Waals surface area contributed by atoms with Crippen LogP contribution in [-0.2, 0) is 9.59 Å². The summed E-state index contributed by atoms with van der Waals surface area (Å²) in [6, 6.07) is 0. The number of halogens is 3. The van der Waals surface area contributed by atoms with E-state index in [9.17, 15) is 22.8 Å². The van der Waals surface area contributed by atoms with Crippen molar-refractivity contribution < 1.29 is 27.9 Å². The van der Waals surface area contributed by atoms with Crippen molar-refractivity contribution in [2.24, 2.45) is 5.92 Å². The molecule has 0 aliphatic carbocycles. The molecule has 0 spiro atoms. The van der Waals surface area contributed by atoms with Gasteiger partial charge in [0.2, 0.25) is 0 Å². The number of alkyl halides is 3. The lowest BCUT2D eigenvalue weighted by Crippen LogP contribution is -2.32. The van der Waals surface area contributed by atoms with Gasteiger partial charge in [-0.25, -0.2) is 0 Å². The van der Waals surface area contributed by atoms with Crippen LogP contribution in [0.25, 0.3) is 0 Å². The fourth-order valence-corrected chi connectivity index (χ4v) is 1.47. The molecule has 3 nitrogen and oxygen atoms in total. The Hall–Kier alpha value is -0.720. The van der Waals surface area contributed by atoms with Crippen molar-refractivity contribution in [3.63, 3.8) is 0 Å². The van der Waals surface area contributed by atoms with Crippen molar-refractivity contribution in [3.8, 4) is 0 Å². The lowest BCUT2D eigenvalue weighted by Gasteiger charge is -2.14. The molecule has 0 bridgehead atoms. The quantitative estimate of drug-likeness (QED) is 0.801. The molecule has 7 heteroatoms. The van der Waals surface area contributed by atoms with Crippen molar-refractivity contribution >= 4 is 22.8 Å². The molecule has 0 saturated heterocycles. The third-order valence-corrected chi connectivity index (χ3v) is 2.50. The van der Waals surface area contributed by atoms with E-state index in [1.165, 1.54) is 6.92 Å². The van der Waals surface area contributed by atoms with Crippen LogP contribution in [0.1, 0.15) is 13.3 Å². The molecule has 1 N–H and O–H groups in total. The van der Waals surface area contributed by atoms with Crippen LogP contribution >= 0.6 is 11.8 Å². The zero-order valence-corrected chi connectivity index (χ0v) is 8.11. The van der Waals surface area contributed by atoms with Crippen LogP contribution in [0.15, 0.2) is 0 Å². The lowest BCUT2D eigenvalue weighted by molar-refractivity contribution is -0.188. The van der Waals surface area contributed by atoms with E-state index in [0.29, 0.717) is 11.8 Å². The van der Waals surface area contributed by atoms with Crippen LogP contribution in [0, 0.1) is 5.92 Å². The van der Waals surface area contributed by atoms with E-state index < -0.39 is 28.9 Å². The van der Waals surface area contributed by atoms with Gasteiger partial charge >= 0.3 is 12.1 Å². The number of aliphatic carboxylic acids is 1. The largest absolute Gasteiger partial charge is 0.481 e. The van der Waals surface area contributed by atoms with Crippen molar-refractivity contribution in [2.75, 3.05) is 5.75 Å². The normalized spacial score (nSPS) is 13.7. The molecule has 0 heterocycles.